The molecule has 0 aliphatic carbocycles. The molecule has 0 bridgehead atoms. The van der Waals surface area contributed by atoms with Gasteiger partial charge in [-0.3, -0.25) is 0 Å². The van der Waals surface area contributed by atoms with Crippen molar-refractivity contribution in [2.24, 2.45) is 0 Å². The summed E-state index contributed by atoms with van der Waals surface area (Å²) in [4.78, 5) is 22.9. The number of urea groups is 1. The van der Waals surface area contributed by atoms with Gasteiger partial charge in [0.15, 0.2) is 0 Å². The van der Waals surface area contributed by atoms with Crippen molar-refractivity contribution >= 4 is 11.7 Å². The summed E-state index contributed by atoms with van der Waals surface area (Å²) in [7, 11) is 0. The number of hydrogen-bond acceptors (Lipinski definition) is 4. The number of carbonyl (C=O) groups is 1. The number of nitrogens with one attached hydrogen (secondary N) is 1. The minimum absolute atomic E-state index is 0.0535. The second-order valence-corrected chi connectivity index (χ2v) is 7.01. The molecule has 0 spiro atoms. The lowest BCUT2D eigenvalue weighted by Gasteiger charge is -2.32. The van der Waals surface area contributed by atoms with Gasteiger partial charge in [0.1, 0.15) is 11.9 Å². The van der Waals surface area contributed by atoms with Gasteiger partial charge in [0.2, 0.25) is 5.88 Å². The maximum atomic E-state index is 12.5. The lowest BCUT2D eigenvalue weighted by Crippen LogP contribution is -2.43. The normalized spacial score (nSPS) is 15.0. The Morgan fingerprint density at radius 1 is 1.04 bits per heavy atom. The number of benzene rings is 1. The van der Waals surface area contributed by atoms with Crippen molar-refractivity contribution in [1.82, 2.24) is 14.9 Å². The molecule has 1 aromatic heterocycles. The van der Waals surface area contributed by atoms with E-state index in [0.29, 0.717) is 24.8 Å². The molecule has 0 saturated carbocycles. The predicted molar refractivity (Wildman–Crippen MR) is 102 cm³/mol. The second-order valence-electron chi connectivity index (χ2n) is 7.01. The van der Waals surface area contributed by atoms with Crippen molar-refractivity contribution in [2.75, 3.05) is 18.4 Å². The van der Waals surface area contributed by atoms with Gasteiger partial charge in [-0.2, -0.15) is 4.98 Å². The van der Waals surface area contributed by atoms with Crippen molar-refractivity contribution in [3.8, 4) is 5.88 Å². The molecule has 1 aliphatic rings. The molecule has 26 heavy (non-hydrogen) atoms. The van der Waals surface area contributed by atoms with E-state index < -0.39 is 0 Å². The highest BCUT2D eigenvalue weighted by Crippen LogP contribution is 2.20. The molecule has 0 atom stereocenters. The van der Waals surface area contributed by atoms with Crippen molar-refractivity contribution in [3.63, 3.8) is 0 Å². The first-order valence-electron chi connectivity index (χ1n) is 9.02. The van der Waals surface area contributed by atoms with E-state index in [4.69, 9.17) is 4.74 Å². The van der Waals surface area contributed by atoms with E-state index in [0.717, 1.165) is 35.3 Å². The number of piperidine rings is 1. The van der Waals surface area contributed by atoms with Gasteiger partial charge < -0.3 is 15.0 Å². The minimum atomic E-state index is -0.0535. The van der Waals surface area contributed by atoms with Crippen LogP contribution in [-0.2, 0) is 0 Å². The van der Waals surface area contributed by atoms with Crippen molar-refractivity contribution in [1.29, 1.82) is 0 Å². The summed E-state index contributed by atoms with van der Waals surface area (Å²) >= 11 is 0. The fraction of sp³-hybridized carbons (Fsp3) is 0.450. The van der Waals surface area contributed by atoms with Gasteiger partial charge in [-0.05, 0) is 51.0 Å². The third-order valence-electron chi connectivity index (χ3n) is 4.43. The molecule has 1 N–H and O–H groups in total. The SMILES string of the molecule is Cc1cc(C)cc(NC(=O)N2CCC(Oc3cc(C)nc(C)n3)CC2)c1. The Balaban J connectivity index is 1.53. The Morgan fingerprint density at radius 2 is 1.69 bits per heavy atom. The van der Waals surface area contributed by atoms with E-state index in [1.807, 2.05) is 50.8 Å². The zero-order valence-electron chi connectivity index (χ0n) is 15.9. The van der Waals surface area contributed by atoms with E-state index >= 15 is 0 Å². The Bertz CT molecular complexity index is 758. The third-order valence-corrected chi connectivity index (χ3v) is 4.43. The summed E-state index contributed by atoms with van der Waals surface area (Å²) in [6.45, 7) is 9.19. The zero-order chi connectivity index (χ0) is 18.7. The average molecular weight is 354 g/mol. The van der Waals surface area contributed by atoms with Crippen LogP contribution in [0.15, 0.2) is 24.3 Å². The molecule has 1 fully saturated rings. The molecule has 1 aliphatic heterocycles. The van der Waals surface area contributed by atoms with E-state index in [9.17, 15) is 4.79 Å². The van der Waals surface area contributed by atoms with Crippen molar-refractivity contribution < 1.29 is 9.53 Å². The average Bonchev–Trinajstić information content (AvgIpc) is 2.53. The first-order valence-corrected chi connectivity index (χ1v) is 9.02. The largest absolute Gasteiger partial charge is 0.474 e. The summed E-state index contributed by atoms with van der Waals surface area (Å²) in [6, 6.07) is 7.87. The van der Waals surface area contributed by atoms with Crippen LogP contribution >= 0.6 is 0 Å². The molecular formula is C20H26N4O2. The Morgan fingerprint density at radius 3 is 2.31 bits per heavy atom. The van der Waals surface area contributed by atoms with Crippen molar-refractivity contribution in [3.05, 3.63) is 46.9 Å². The van der Waals surface area contributed by atoms with Crippen molar-refractivity contribution in [2.45, 2.75) is 46.6 Å². The van der Waals surface area contributed by atoms with Gasteiger partial charge in [0, 0.05) is 43.4 Å². The molecule has 2 amide bonds. The zero-order valence-corrected chi connectivity index (χ0v) is 15.9. The van der Waals surface area contributed by atoms with Gasteiger partial charge in [0.05, 0.1) is 0 Å². The minimum Gasteiger partial charge on any atom is -0.474 e. The van der Waals surface area contributed by atoms with Crippen LogP contribution in [0.2, 0.25) is 0 Å². The summed E-state index contributed by atoms with van der Waals surface area (Å²) < 4.78 is 5.99. The molecule has 6 heteroatoms. The lowest BCUT2D eigenvalue weighted by atomic mass is 10.1. The number of aromatic nitrogens is 2. The first-order chi connectivity index (χ1) is 12.4. The summed E-state index contributed by atoms with van der Waals surface area (Å²) in [6.07, 6.45) is 1.67. The van der Waals surface area contributed by atoms with Gasteiger partial charge in [-0.1, -0.05) is 6.07 Å². The van der Waals surface area contributed by atoms with Crippen LogP contribution in [0, 0.1) is 27.7 Å². The van der Waals surface area contributed by atoms with Crippen LogP contribution in [0.25, 0.3) is 0 Å². The monoisotopic (exact) mass is 354 g/mol. The van der Waals surface area contributed by atoms with Crippen LogP contribution < -0.4 is 10.1 Å². The number of hydrogen-bond donors (Lipinski definition) is 1. The number of aryl methyl sites for hydroxylation is 4. The van der Waals surface area contributed by atoms with E-state index in [1.165, 1.54) is 0 Å². The van der Waals surface area contributed by atoms with Crippen LogP contribution in [-0.4, -0.2) is 40.1 Å². The Labute approximate surface area is 154 Å². The number of ether oxygens (including phenoxy) is 1. The predicted octanol–water partition coefficient (Wildman–Crippen LogP) is 3.79. The first kappa shape index (κ1) is 18.2. The smallest absolute Gasteiger partial charge is 0.321 e. The highest BCUT2D eigenvalue weighted by Gasteiger charge is 2.24. The number of nitrogens with zero attached hydrogens (tertiary/aromatic N) is 3. The molecule has 1 aromatic carbocycles. The highest BCUT2D eigenvalue weighted by atomic mass is 16.5. The number of amides is 2. The van der Waals surface area contributed by atoms with E-state index in [1.54, 1.807) is 0 Å². The number of anilines is 1. The molecule has 0 radical (unpaired) electrons. The lowest BCUT2D eigenvalue weighted by molar-refractivity contribution is 0.111. The summed E-state index contributed by atoms with van der Waals surface area (Å²) in [5.41, 5.74) is 4.03. The van der Waals surface area contributed by atoms with Gasteiger partial charge >= 0.3 is 6.03 Å². The van der Waals surface area contributed by atoms with Gasteiger partial charge in [-0.25, -0.2) is 9.78 Å². The van der Waals surface area contributed by atoms with Crippen LogP contribution in [0.4, 0.5) is 10.5 Å². The van der Waals surface area contributed by atoms with Gasteiger partial charge in [-0.15, -0.1) is 0 Å². The molecular weight excluding hydrogens is 328 g/mol. The quantitative estimate of drug-likeness (QED) is 0.911. The molecule has 2 aromatic rings. The van der Waals surface area contributed by atoms with Crippen LogP contribution in [0.5, 0.6) is 5.88 Å². The molecule has 6 nitrogen and oxygen atoms in total. The van der Waals surface area contributed by atoms with Crippen LogP contribution in [0.3, 0.4) is 0 Å². The number of likely N-dealkylation sites (tertiary alicyclic amines) is 1. The van der Waals surface area contributed by atoms with E-state index in [-0.39, 0.29) is 12.1 Å². The maximum Gasteiger partial charge on any atom is 0.321 e. The maximum absolute atomic E-state index is 12.5. The summed E-state index contributed by atoms with van der Waals surface area (Å²) in [5.74, 6) is 1.33. The molecule has 1 saturated heterocycles. The second kappa shape index (κ2) is 7.72. The highest BCUT2D eigenvalue weighted by molar-refractivity contribution is 5.89. The topological polar surface area (TPSA) is 67.4 Å². The third kappa shape index (κ3) is 4.71. The standard InChI is InChI=1S/C20H26N4O2/c1-13-9-14(2)11-17(10-13)23-20(25)24-7-5-18(6-8-24)26-19-12-15(3)21-16(4)22-19/h9-12,18H,5-8H2,1-4H3,(H,23,25). The summed E-state index contributed by atoms with van der Waals surface area (Å²) in [5, 5.41) is 3.00. The number of carbonyl (C=O) groups excluding carboxylic acids is 1. The van der Waals surface area contributed by atoms with E-state index in [2.05, 4.69) is 21.4 Å². The fourth-order valence-corrected chi connectivity index (χ4v) is 3.34. The molecule has 138 valence electrons. The fourth-order valence-electron chi connectivity index (χ4n) is 3.34. The van der Waals surface area contributed by atoms with Gasteiger partial charge in [0.25, 0.3) is 0 Å². The van der Waals surface area contributed by atoms with Crippen LogP contribution in [0.1, 0.15) is 35.5 Å². The number of rotatable bonds is 3. The Hall–Kier alpha value is -2.63. The molecule has 2 heterocycles. The molecule has 3 rings (SSSR count). The molecule has 0 unspecified atom stereocenters. The Kier molecular flexibility index (Phi) is 5.40.